The van der Waals surface area contributed by atoms with Crippen LogP contribution < -0.4 is 0 Å². The number of rotatable bonds is 7. The van der Waals surface area contributed by atoms with Gasteiger partial charge in [0.05, 0.1) is 12.1 Å². The van der Waals surface area contributed by atoms with Gasteiger partial charge in [-0.1, -0.05) is 27.2 Å². The van der Waals surface area contributed by atoms with Crippen molar-refractivity contribution in [1.82, 2.24) is 13.5 Å². The van der Waals surface area contributed by atoms with E-state index in [1.54, 1.807) is 0 Å². The molecule has 1 rings (SSSR count). The van der Waals surface area contributed by atoms with E-state index in [9.17, 15) is 8.42 Å². The Bertz CT molecular complexity index is 420. The molecule has 20 heavy (non-hydrogen) atoms. The van der Waals surface area contributed by atoms with Crippen molar-refractivity contribution in [3.05, 3.63) is 0 Å². The minimum atomic E-state index is -3.34. The fourth-order valence-electron chi connectivity index (χ4n) is 2.56. The maximum Gasteiger partial charge on any atom is 0.282 e. The molecule has 1 atom stereocenters. The molecule has 0 aromatic heterocycles. The summed E-state index contributed by atoms with van der Waals surface area (Å²) in [6.45, 7) is 8.98. The summed E-state index contributed by atoms with van der Waals surface area (Å²) in [6, 6.07) is 2.23. The first-order chi connectivity index (χ1) is 9.51. The van der Waals surface area contributed by atoms with Gasteiger partial charge in [0.1, 0.15) is 0 Å². The van der Waals surface area contributed by atoms with Crippen molar-refractivity contribution in [3.8, 4) is 6.07 Å². The normalized spacial score (nSPS) is 19.9. The second-order valence-electron chi connectivity index (χ2n) is 4.96. The van der Waals surface area contributed by atoms with Gasteiger partial charge in [-0.2, -0.15) is 22.3 Å². The Hall–Kier alpha value is -0.680. The van der Waals surface area contributed by atoms with E-state index in [1.807, 2.05) is 13.8 Å². The predicted octanol–water partition coefficient (Wildman–Crippen LogP) is 0.883. The lowest BCUT2D eigenvalue weighted by Crippen LogP contribution is -2.54. The minimum absolute atomic E-state index is 0.0849. The number of hydrogen-bond donors (Lipinski definition) is 0. The van der Waals surface area contributed by atoms with Crippen LogP contribution in [-0.4, -0.2) is 67.2 Å². The van der Waals surface area contributed by atoms with Gasteiger partial charge in [-0.25, -0.2) is 0 Å². The van der Waals surface area contributed by atoms with Crippen molar-refractivity contribution in [3.63, 3.8) is 0 Å². The zero-order valence-corrected chi connectivity index (χ0v) is 13.6. The molecule has 1 saturated heterocycles. The van der Waals surface area contributed by atoms with Crippen LogP contribution >= 0.6 is 0 Å². The van der Waals surface area contributed by atoms with Gasteiger partial charge in [-0.3, -0.25) is 4.90 Å². The fraction of sp³-hybridized carbons (Fsp3) is 0.923. The lowest BCUT2D eigenvalue weighted by atomic mass is 10.1. The maximum atomic E-state index is 12.4. The van der Waals surface area contributed by atoms with E-state index in [2.05, 4.69) is 17.9 Å². The van der Waals surface area contributed by atoms with E-state index in [4.69, 9.17) is 5.26 Å². The van der Waals surface area contributed by atoms with Gasteiger partial charge in [0.25, 0.3) is 10.2 Å². The quantitative estimate of drug-likeness (QED) is 0.700. The topological polar surface area (TPSA) is 67.6 Å². The summed E-state index contributed by atoms with van der Waals surface area (Å²) < 4.78 is 27.8. The van der Waals surface area contributed by atoms with E-state index < -0.39 is 10.2 Å². The molecule has 0 saturated carbocycles. The van der Waals surface area contributed by atoms with Crippen molar-refractivity contribution >= 4 is 10.2 Å². The van der Waals surface area contributed by atoms with Crippen LogP contribution in [0.25, 0.3) is 0 Å². The Morgan fingerprint density at radius 1 is 1.15 bits per heavy atom. The molecule has 0 aromatic carbocycles. The fourth-order valence-corrected chi connectivity index (χ4v) is 4.17. The smallest absolute Gasteiger partial charge is 0.282 e. The van der Waals surface area contributed by atoms with Crippen LogP contribution in [-0.2, 0) is 10.2 Å². The van der Waals surface area contributed by atoms with E-state index in [1.165, 1.54) is 8.61 Å². The zero-order valence-electron chi connectivity index (χ0n) is 12.7. The summed E-state index contributed by atoms with van der Waals surface area (Å²) in [6.07, 6.45) is 1.81. The Morgan fingerprint density at radius 3 is 2.10 bits per heavy atom. The van der Waals surface area contributed by atoms with E-state index >= 15 is 0 Å². The molecule has 1 aliphatic rings. The standard InChI is InChI=1S/C13H26N4O2S/c1-4-7-13(12-14)15-8-10-17(11-9-15)20(18,19)16(5-2)6-3/h13H,4-11H2,1-3H3. The minimum Gasteiger partial charge on any atom is -0.285 e. The molecular weight excluding hydrogens is 276 g/mol. The van der Waals surface area contributed by atoms with Gasteiger partial charge < -0.3 is 0 Å². The average molecular weight is 302 g/mol. The maximum absolute atomic E-state index is 12.4. The summed E-state index contributed by atoms with van der Waals surface area (Å²) in [5, 5.41) is 9.17. The van der Waals surface area contributed by atoms with E-state index in [0.717, 1.165) is 12.8 Å². The third-order valence-corrected chi connectivity index (χ3v) is 5.97. The van der Waals surface area contributed by atoms with Gasteiger partial charge in [0, 0.05) is 39.3 Å². The van der Waals surface area contributed by atoms with E-state index in [-0.39, 0.29) is 6.04 Å². The summed E-state index contributed by atoms with van der Waals surface area (Å²) in [7, 11) is -3.34. The van der Waals surface area contributed by atoms with Crippen LogP contribution in [0.4, 0.5) is 0 Å². The van der Waals surface area contributed by atoms with Gasteiger partial charge in [0.2, 0.25) is 0 Å². The second-order valence-corrected chi connectivity index (χ2v) is 6.89. The van der Waals surface area contributed by atoms with Gasteiger partial charge in [0.15, 0.2) is 0 Å². The molecular formula is C13H26N4O2S. The van der Waals surface area contributed by atoms with Crippen molar-refractivity contribution in [2.24, 2.45) is 0 Å². The highest BCUT2D eigenvalue weighted by Gasteiger charge is 2.32. The van der Waals surface area contributed by atoms with Crippen LogP contribution in [0, 0.1) is 11.3 Å². The molecule has 1 unspecified atom stereocenters. The summed E-state index contributed by atoms with van der Waals surface area (Å²) in [4.78, 5) is 2.09. The molecule has 0 radical (unpaired) electrons. The number of nitrogens with zero attached hydrogens (tertiary/aromatic N) is 4. The molecule has 7 heteroatoms. The first-order valence-electron chi connectivity index (χ1n) is 7.40. The molecule has 116 valence electrons. The van der Waals surface area contributed by atoms with Crippen LogP contribution in [0.15, 0.2) is 0 Å². The Morgan fingerprint density at radius 2 is 1.70 bits per heavy atom. The SMILES string of the molecule is CCCC(C#N)N1CCN(S(=O)(=O)N(CC)CC)CC1. The molecule has 6 nitrogen and oxygen atoms in total. The Balaban J connectivity index is 2.64. The lowest BCUT2D eigenvalue weighted by Gasteiger charge is -2.37. The Kier molecular flexibility index (Phi) is 6.89. The number of hydrogen-bond acceptors (Lipinski definition) is 4. The zero-order chi connectivity index (χ0) is 15.2. The van der Waals surface area contributed by atoms with Crippen LogP contribution in [0.5, 0.6) is 0 Å². The van der Waals surface area contributed by atoms with Gasteiger partial charge in [-0.05, 0) is 6.42 Å². The molecule has 0 aromatic rings. The third-order valence-electron chi connectivity index (χ3n) is 3.78. The first-order valence-corrected chi connectivity index (χ1v) is 8.79. The average Bonchev–Trinajstić information content (AvgIpc) is 2.46. The molecule has 1 heterocycles. The van der Waals surface area contributed by atoms with Crippen molar-refractivity contribution in [2.75, 3.05) is 39.3 Å². The highest BCUT2D eigenvalue weighted by Crippen LogP contribution is 2.15. The van der Waals surface area contributed by atoms with E-state index in [0.29, 0.717) is 39.3 Å². The third kappa shape index (κ3) is 3.92. The second kappa shape index (κ2) is 7.93. The summed E-state index contributed by atoms with van der Waals surface area (Å²) in [5.41, 5.74) is 0. The van der Waals surface area contributed by atoms with Crippen molar-refractivity contribution in [1.29, 1.82) is 5.26 Å². The largest absolute Gasteiger partial charge is 0.285 e. The number of piperazine rings is 1. The molecule has 1 fully saturated rings. The first kappa shape index (κ1) is 17.4. The van der Waals surface area contributed by atoms with Crippen LogP contribution in [0.1, 0.15) is 33.6 Å². The molecule has 1 aliphatic heterocycles. The van der Waals surface area contributed by atoms with Crippen LogP contribution in [0.3, 0.4) is 0 Å². The molecule has 0 aliphatic carbocycles. The molecule has 0 bridgehead atoms. The van der Waals surface area contributed by atoms with Crippen LogP contribution in [0.2, 0.25) is 0 Å². The number of nitriles is 1. The van der Waals surface area contributed by atoms with Crippen molar-refractivity contribution in [2.45, 2.75) is 39.7 Å². The summed E-state index contributed by atoms with van der Waals surface area (Å²) >= 11 is 0. The monoisotopic (exact) mass is 302 g/mol. The van der Waals surface area contributed by atoms with Gasteiger partial charge in [-0.15, -0.1) is 0 Å². The Labute approximate surface area is 123 Å². The van der Waals surface area contributed by atoms with Crippen molar-refractivity contribution < 1.29 is 8.42 Å². The molecule has 0 amide bonds. The highest BCUT2D eigenvalue weighted by atomic mass is 32.2. The lowest BCUT2D eigenvalue weighted by molar-refractivity contribution is 0.152. The van der Waals surface area contributed by atoms with Gasteiger partial charge >= 0.3 is 0 Å². The summed E-state index contributed by atoms with van der Waals surface area (Å²) in [5.74, 6) is 0. The molecule has 0 N–H and O–H groups in total. The molecule has 0 spiro atoms. The highest BCUT2D eigenvalue weighted by molar-refractivity contribution is 7.86. The predicted molar refractivity (Wildman–Crippen MR) is 79.3 cm³/mol.